The predicted molar refractivity (Wildman–Crippen MR) is 74.3 cm³/mol. The van der Waals surface area contributed by atoms with Gasteiger partial charge < -0.3 is 9.05 Å². The molecule has 0 amide bonds. The maximum absolute atomic E-state index is 12.4. The van der Waals surface area contributed by atoms with Crippen LogP contribution in [0.4, 0.5) is 0 Å². The molecule has 0 spiro atoms. The third kappa shape index (κ3) is 2.74. The van der Waals surface area contributed by atoms with Crippen LogP contribution >= 0.6 is 7.60 Å². The number of hydrogen-bond acceptors (Lipinski definition) is 3. The molecule has 3 nitrogen and oxygen atoms in total. The molecule has 4 heteroatoms. The highest BCUT2D eigenvalue weighted by molar-refractivity contribution is 7.54. The van der Waals surface area contributed by atoms with Crippen LogP contribution in [-0.2, 0) is 9.09 Å². The van der Waals surface area contributed by atoms with Crippen molar-refractivity contribution < 1.29 is 13.6 Å². The van der Waals surface area contributed by atoms with Crippen molar-refractivity contribution >= 4 is 18.4 Å². The Morgan fingerprint density at radius 2 is 1.78 bits per heavy atom. The van der Waals surface area contributed by atoms with Crippen molar-refractivity contribution in [2.45, 2.75) is 13.8 Å². The molecule has 1 atom stereocenters. The van der Waals surface area contributed by atoms with Crippen molar-refractivity contribution in [1.29, 1.82) is 0 Å². The third-order valence-electron chi connectivity index (χ3n) is 2.70. The molecule has 0 fully saturated rings. The Morgan fingerprint density at radius 1 is 1.06 bits per heavy atom. The van der Waals surface area contributed by atoms with Crippen LogP contribution in [0.3, 0.4) is 0 Å². The Balaban J connectivity index is 2.40. The normalized spacial score (nSPS) is 14.3. The molecule has 0 aliphatic rings. The first-order valence-electron chi connectivity index (χ1n) is 6.09. The van der Waals surface area contributed by atoms with Gasteiger partial charge in [0.1, 0.15) is 5.75 Å². The molecule has 0 aliphatic carbocycles. The SMILES string of the molecule is CCOP(=O)(CC)Oc1cccc2ccccc12. The van der Waals surface area contributed by atoms with E-state index < -0.39 is 7.60 Å². The lowest BCUT2D eigenvalue weighted by Gasteiger charge is -2.18. The Bertz CT molecular complexity index is 575. The zero-order valence-corrected chi connectivity index (χ0v) is 11.5. The highest BCUT2D eigenvalue weighted by Gasteiger charge is 2.23. The summed E-state index contributed by atoms with van der Waals surface area (Å²) in [6, 6.07) is 13.6. The van der Waals surface area contributed by atoms with E-state index in [0.29, 0.717) is 18.5 Å². The van der Waals surface area contributed by atoms with Gasteiger partial charge in [0.25, 0.3) is 0 Å². The van der Waals surface area contributed by atoms with Gasteiger partial charge in [0.2, 0.25) is 0 Å². The van der Waals surface area contributed by atoms with Crippen molar-refractivity contribution in [2.24, 2.45) is 0 Å². The number of fused-ring (bicyclic) bond motifs is 1. The first-order chi connectivity index (χ1) is 8.68. The molecule has 18 heavy (non-hydrogen) atoms. The number of benzene rings is 2. The molecular weight excluding hydrogens is 247 g/mol. The van der Waals surface area contributed by atoms with Crippen molar-refractivity contribution in [3.8, 4) is 5.75 Å². The van der Waals surface area contributed by atoms with Gasteiger partial charge in [-0.15, -0.1) is 0 Å². The van der Waals surface area contributed by atoms with Gasteiger partial charge in [0.05, 0.1) is 12.8 Å². The smallest absolute Gasteiger partial charge is 0.378 e. The van der Waals surface area contributed by atoms with E-state index in [1.165, 1.54) is 0 Å². The van der Waals surface area contributed by atoms with Crippen LogP contribution in [0.15, 0.2) is 42.5 Å². The van der Waals surface area contributed by atoms with E-state index in [1.54, 1.807) is 0 Å². The zero-order chi connectivity index (χ0) is 13.0. The van der Waals surface area contributed by atoms with Crippen molar-refractivity contribution in [2.75, 3.05) is 12.8 Å². The molecule has 2 aromatic carbocycles. The van der Waals surface area contributed by atoms with Crippen LogP contribution in [0.1, 0.15) is 13.8 Å². The fraction of sp³-hybridized carbons (Fsp3) is 0.286. The molecule has 96 valence electrons. The molecule has 0 heterocycles. The summed E-state index contributed by atoms with van der Waals surface area (Å²) in [6.45, 7) is 4.01. The molecule has 2 rings (SSSR count). The van der Waals surface area contributed by atoms with Crippen molar-refractivity contribution in [3.05, 3.63) is 42.5 Å². The molecule has 2 aromatic rings. The van der Waals surface area contributed by atoms with Gasteiger partial charge in [0.15, 0.2) is 0 Å². The summed E-state index contributed by atoms with van der Waals surface area (Å²) in [5.74, 6) is 0.617. The maximum Gasteiger partial charge on any atom is 0.378 e. The first kappa shape index (κ1) is 13.1. The summed E-state index contributed by atoms with van der Waals surface area (Å²) in [5.41, 5.74) is 0. The summed E-state index contributed by atoms with van der Waals surface area (Å²) >= 11 is 0. The van der Waals surface area contributed by atoms with E-state index in [-0.39, 0.29) is 0 Å². The summed E-state index contributed by atoms with van der Waals surface area (Å²) in [7, 11) is -3.03. The molecule has 0 N–H and O–H groups in total. The lowest BCUT2D eigenvalue weighted by molar-refractivity contribution is 0.281. The second-order valence-corrected chi connectivity index (χ2v) is 6.21. The van der Waals surface area contributed by atoms with Crippen LogP contribution in [0.5, 0.6) is 5.75 Å². The molecule has 0 saturated carbocycles. The van der Waals surface area contributed by atoms with Gasteiger partial charge in [0, 0.05) is 5.39 Å². The minimum Gasteiger partial charge on any atom is -0.424 e. The van der Waals surface area contributed by atoms with Crippen LogP contribution in [0, 0.1) is 0 Å². The topological polar surface area (TPSA) is 35.5 Å². The number of rotatable bonds is 5. The van der Waals surface area contributed by atoms with E-state index in [2.05, 4.69) is 0 Å². The van der Waals surface area contributed by atoms with Crippen molar-refractivity contribution in [3.63, 3.8) is 0 Å². The van der Waals surface area contributed by atoms with Crippen molar-refractivity contribution in [1.82, 2.24) is 0 Å². The average molecular weight is 264 g/mol. The lowest BCUT2D eigenvalue weighted by atomic mass is 10.1. The first-order valence-corrected chi connectivity index (χ1v) is 7.82. The van der Waals surface area contributed by atoms with Crippen LogP contribution in [0.25, 0.3) is 10.8 Å². The highest BCUT2D eigenvalue weighted by atomic mass is 31.2. The largest absolute Gasteiger partial charge is 0.424 e. The van der Waals surface area contributed by atoms with E-state index in [1.807, 2.05) is 56.3 Å². The second kappa shape index (κ2) is 5.55. The van der Waals surface area contributed by atoms with Gasteiger partial charge in [-0.1, -0.05) is 43.3 Å². The summed E-state index contributed by atoms with van der Waals surface area (Å²) < 4.78 is 23.3. The molecule has 1 unspecified atom stereocenters. The summed E-state index contributed by atoms with van der Waals surface area (Å²) in [6.07, 6.45) is 0.365. The Morgan fingerprint density at radius 3 is 2.50 bits per heavy atom. The molecule has 0 aromatic heterocycles. The average Bonchev–Trinajstić information content (AvgIpc) is 2.39. The summed E-state index contributed by atoms with van der Waals surface area (Å²) in [4.78, 5) is 0. The van der Waals surface area contributed by atoms with Crippen LogP contribution < -0.4 is 4.52 Å². The van der Waals surface area contributed by atoms with Crippen LogP contribution in [0.2, 0.25) is 0 Å². The highest BCUT2D eigenvalue weighted by Crippen LogP contribution is 2.49. The Hall–Kier alpha value is -1.31. The standard InChI is InChI=1S/C14H17O3P/c1-3-16-18(15,4-2)17-14-11-7-9-12-8-5-6-10-13(12)14/h5-11H,3-4H2,1-2H3. The van der Waals surface area contributed by atoms with Gasteiger partial charge in [-0.25, -0.2) is 4.57 Å². The van der Waals surface area contributed by atoms with E-state index in [0.717, 1.165) is 10.8 Å². The molecule has 0 bridgehead atoms. The quantitative estimate of drug-likeness (QED) is 0.747. The second-order valence-electron chi connectivity index (χ2n) is 3.91. The lowest BCUT2D eigenvalue weighted by Crippen LogP contribution is -2.00. The minimum absolute atomic E-state index is 0.365. The van der Waals surface area contributed by atoms with E-state index in [9.17, 15) is 4.57 Å². The summed E-state index contributed by atoms with van der Waals surface area (Å²) in [5, 5.41) is 2.02. The number of hydrogen-bond donors (Lipinski definition) is 0. The fourth-order valence-electron chi connectivity index (χ4n) is 1.80. The molecular formula is C14H17O3P. The minimum atomic E-state index is -3.03. The molecule has 0 saturated heterocycles. The van der Waals surface area contributed by atoms with E-state index in [4.69, 9.17) is 9.05 Å². The Labute approximate surface area is 107 Å². The maximum atomic E-state index is 12.4. The van der Waals surface area contributed by atoms with Gasteiger partial charge >= 0.3 is 7.60 Å². The van der Waals surface area contributed by atoms with Gasteiger partial charge in [-0.05, 0) is 18.4 Å². The molecule has 0 radical (unpaired) electrons. The third-order valence-corrected chi connectivity index (χ3v) is 4.60. The Kier molecular flexibility index (Phi) is 4.05. The zero-order valence-electron chi connectivity index (χ0n) is 10.6. The van der Waals surface area contributed by atoms with Crippen LogP contribution in [-0.4, -0.2) is 12.8 Å². The van der Waals surface area contributed by atoms with Gasteiger partial charge in [-0.2, -0.15) is 0 Å². The fourth-order valence-corrected chi connectivity index (χ4v) is 3.02. The van der Waals surface area contributed by atoms with E-state index >= 15 is 0 Å². The monoisotopic (exact) mass is 264 g/mol. The van der Waals surface area contributed by atoms with Gasteiger partial charge in [-0.3, -0.25) is 0 Å². The molecule has 0 aliphatic heterocycles. The predicted octanol–water partition coefficient (Wildman–Crippen LogP) is 4.47.